The van der Waals surface area contributed by atoms with E-state index in [0.29, 0.717) is 0 Å². The highest BCUT2D eigenvalue weighted by molar-refractivity contribution is 5.94. The van der Waals surface area contributed by atoms with Gasteiger partial charge in [0.05, 0.1) is 24.0 Å². The average molecular weight is 474 g/mol. The number of carbonyl (C=O) groups is 2. The van der Waals surface area contributed by atoms with Crippen molar-refractivity contribution in [3.63, 3.8) is 0 Å². The Morgan fingerprint density at radius 2 is 1.91 bits per heavy atom. The number of hydrogen-bond acceptors (Lipinski definition) is 6. The molecule has 0 radical (unpaired) electrons. The van der Waals surface area contributed by atoms with Crippen LogP contribution in [0.1, 0.15) is 42.4 Å². The van der Waals surface area contributed by atoms with E-state index in [2.05, 4.69) is 22.3 Å². The van der Waals surface area contributed by atoms with E-state index in [4.69, 9.17) is 5.73 Å². The predicted molar refractivity (Wildman–Crippen MR) is 129 cm³/mol. The molecule has 3 aromatic rings. The Morgan fingerprint density at radius 3 is 2.60 bits per heavy atom. The summed E-state index contributed by atoms with van der Waals surface area (Å²) in [7, 11) is 0. The van der Waals surface area contributed by atoms with Crippen molar-refractivity contribution in [2.24, 2.45) is 5.73 Å². The van der Waals surface area contributed by atoms with Crippen LogP contribution in [0, 0.1) is 12.0 Å². The lowest BCUT2D eigenvalue weighted by Crippen LogP contribution is -2.58. The van der Waals surface area contributed by atoms with E-state index in [1.54, 1.807) is 19.2 Å². The van der Waals surface area contributed by atoms with Crippen LogP contribution in [-0.2, 0) is 22.7 Å². The Balaban J connectivity index is 1.41. The van der Waals surface area contributed by atoms with E-state index in [9.17, 15) is 19.8 Å². The standard InChI is InChI=1S/C26H27N5O4/c1-17(18-7-9-21(10-8-18)31-14-4-6-20(31)11-12-27)29-25(34)26(2,35)23(32)24(33)30-15-19-5-3-13-28-22(19)16-30/h3-10,13-14,17,23,32,35H,15-16,27H2,1-2H3,(H,29,34)/t17-,23+,26-/m1/s1. The van der Waals surface area contributed by atoms with Gasteiger partial charge in [-0.1, -0.05) is 18.2 Å². The van der Waals surface area contributed by atoms with Crippen LogP contribution in [-0.4, -0.2) is 48.2 Å². The smallest absolute Gasteiger partial charge is 0.255 e. The van der Waals surface area contributed by atoms with Gasteiger partial charge in [-0.15, -0.1) is 0 Å². The molecule has 0 unspecified atom stereocenters. The van der Waals surface area contributed by atoms with Crippen molar-refractivity contribution in [2.75, 3.05) is 0 Å². The lowest BCUT2D eigenvalue weighted by Gasteiger charge is -2.31. The summed E-state index contributed by atoms with van der Waals surface area (Å²) < 4.78 is 1.88. The van der Waals surface area contributed by atoms with Gasteiger partial charge in [-0.2, -0.15) is 0 Å². The largest absolute Gasteiger partial charge is 0.380 e. The molecule has 180 valence electrons. The van der Waals surface area contributed by atoms with Gasteiger partial charge in [0.1, 0.15) is 0 Å². The molecule has 1 aliphatic heterocycles. The van der Waals surface area contributed by atoms with Crippen molar-refractivity contribution in [1.29, 1.82) is 0 Å². The van der Waals surface area contributed by atoms with Crippen molar-refractivity contribution >= 4 is 11.8 Å². The number of nitrogens with one attached hydrogen (secondary N) is 1. The number of hydrogen-bond donors (Lipinski definition) is 4. The number of benzene rings is 1. The maximum Gasteiger partial charge on any atom is 0.255 e. The highest BCUT2D eigenvalue weighted by Crippen LogP contribution is 2.24. The molecule has 0 saturated carbocycles. The van der Waals surface area contributed by atoms with Crippen molar-refractivity contribution in [2.45, 2.75) is 44.7 Å². The zero-order valence-corrected chi connectivity index (χ0v) is 19.5. The molecule has 35 heavy (non-hydrogen) atoms. The Morgan fingerprint density at radius 1 is 1.17 bits per heavy atom. The van der Waals surface area contributed by atoms with E-state index in [1.807, 2.05) is 53.2 Å². The van der Waals surface area contributed by atoms with E-state index >= 15 is 0 Å². The minimum Gasteiger partial charge on any atom is -0.380 e. The topological polar surface area (TPSA) is 134 Å². The Kier molecular flexibility index (Phi) is 6.60. The molecule has 4 rings (SSSR count). The molecule has 0 aliphatic carbocycles. The third-order valence-electron chi connectivity index (χ3n) is 6.19. The number of nitrogens with zero attached hydrogens (tertiary/aromatic N) is 3. The number of pyridine rings is 1. The summed E-state index contributed by atoms with van der Waals surface area (Å²) in [6.07, 6.45) is 1.57. The van der Waals surface area contributed by atoms with E-state index in [-0.39, 0.29) is 13.1 Å². The molecule has 9 nitrogen and oxygen atoms in total. The van der Waals surface area contributed by atoms with Gasteiger partial charge in [0.25, 0.3) is 11.8 Å². The molecule has 2 amide bonds. The summed E-state index contributed by atoms with van der Waals surface area (Å²) in [4.78, 5) is 31.3. The molecule has 0 saturated heterocycles. The molecule has 0 fully saturated rings. The van der Waals surface area contributed by atoms with Crippen LogP contribution >= 0.6 is 0 Å². The monoisotopic (exact) mass is 473 g/mol. The molecular weight excluding hydrogens is 446 g/mol. The first kappa shape index (κ1) is 24.0. The summed E-state index contributed by atoms with van der Waals surface area (Å²) in [5.41, 5.74) is 6.99. The molecule has 2 aromatic heterocycles. The molecule has 0 bridgehead atoms. The van der Waals surface area contributed by atoms with Gasteiger partial charge in [-0.3, -0.25) is 14.6 Å². The summed E-state index contributed by atoms with van der Waals surface area (Å²) in [6, 6.07) is 16.7. The first-order valence-corrected chi connectivity index (χ1v) is 11.1. The van der Waals surface area contributed by atoms with Crippen LogP contribution in [0.15, 0.2) is 60.9 Å². The number of carbonyl (C=O) groups excluding carboxylic acids is 2. The fourth-order valence-electron chi connectivity index (χ4n) is 4.02. The number of amides is 2. The van der Waals surface area contributed by atoms with E-state index in [0.717, 1.165) is 35.1 Å². The van der Waals surface area contributed by atoms with E-state index < -0.39 is 29.6 Å². The second-order valence-corrected chi connectivity index (χ2v) is 8.67. The van der Waals surface area contributed by atoms with Gasteiger partial charge in [0.2, 0.25) is 0 Å². The SMILES string of the molecule is C[C@@H](NC(=O)[C@](C)(O)[C@@H](O)C(=O)N1Cc2cccnc2C1)c1ccc(-n2cccc2C#CN)cc1. The lowest BCUT2D eigenvalue weighted by molar-refractivity contribution is -0.166. The van der Waals surface area contributed by atoms with Crippen LogP contribution in [0.4, 0.5) is 0 Å². The first-order valence-electron chi connectivity index (χ1n) is 11.1. The van der Waals surface area contributed by atoms with Crippen LogP contribution in [0.2, 0.25) is 0 Å². The van der Waals surface area contributed by atoms with Crippen molar-refractivity contribution in [3.8, 4) is 17.7 Å². The lowest BCUT2D eigenvalue weighted by atomic mass is 9.95. The Bertz CT molecular complexity index is 1280. The number of fused-ring (bicyclic) bond motifs is 1. The third-order valence-corrected chi connectivity index (χ3v) is 6.19. The normalized spacial score (nSPS) is 15.8. The molecule has 1 aromatic carbocycles. The first-order chi connectivity index (χ1) is 16.7. The Hall–Kier alpha value is -4.13. The second-order valence-electron chi connectivity index (χ2n) is 8.67. The number of nitrogens with two attached hydrogens (primary N) is 1. The summed E-state index contributed by atoms with van der Waals surface area (Å²) >= 11 is 0. The summed E-state index contributed by atoms with van der Waals surface area (Å²) in [5, 5.41) is 24.1. The number of aliphatic hydroxyl groups excluding tert-OH is 1. The minimum atomic E-state index is -2.32. The number of rotatable bonds is 6. The van der Waals surface area contributed by atoms with Gasteiger partial charge in [0, 0.05) is 30.7 Å². The highest BCUT2D eigenvalue weighted by atomic mass is 16.4. The zero-order valence-electron chi connectivity index (χ0n) is 19.5. The van der Waals surface area contributed by atoms with Gasteiger partial charge >= 0.3 is 0 Å². The Labute approximate surface area is 203 Å². The molecule has 1 aliphatic rings. The number of aliphatic hydroxyl groups is 2. The number of aromatic nitrogens is 2. The molecule has 3 heterocycles. The molecule has 0 spiro atoms. The molecule has 5 N–H and O–H groups in total. The van der Waals surface area contributed by atoms with Crippen LogP contribution in [0.25, 0.3) is 5.69 Å². The fraction of sp³-hybridized carbons (Fsp3) is 0.269. The highest BCUT2D eigenvalue weighted by Gasteiger charge is 2.45. The second kappa shape index (κ2) is 9.62. The maximum atomic E-state index is 12.9. The fourth-order valence-corrected chi connectivity index (χ4v) is 4.02. The quantitative estimate of drug-likeness (QED) is 0.311. The van der Waals surface area contributed by atoms with E-state index in [1.165, 1.54) is 4.90 Å². The van der Waals surface area contributed by atoms with Crippen molar-refractivity contribution in [1.82, 2.24) is 19.8 Å². The average Bonchev–Trinajstić information content (AvgIpc) is 3.50. The maximum absolute atomic E-state index is 12.9. The van der Waals surface area contributed by atoms with Crippen LogP contribution in [0.3, 0.4) is 0 Å². The predicted octanol–water partition coefficient (Wildman–Crippen LogP) is 0.971. The van der Waals surface area contributed by atoms with Gasteiger partial charge in [-0.25, -0.2) is 0 Å². The third kappa shape index (κ3) is 4.75. The van der Waals surface area contributed by atoms with Crippen LogP contribution < -0.4 is 11.1 Å². The summed E-state index contributed by atoms with van der Waals surface area (Å²) in [5.74, 6) is 1.24. The zero-order chi connectivity index (χ0) is 25.2. The van der Waals surface area contributed by atoms with Crippen molar-refractivity contribution in [3.05, 3.63) is 83.4 Å². The van der Waals surface area contributed by atoms with Gasteiger partial charge in [0.15, 0.2) is 11.7 Å². The van der Waals surface area contributed by atoms with Crippen LogP contribution in [0.5, 0.6) is 0 Å². The van der Waals surface area contributed by atoms with Gasteiger partial charge < -0.3 is 30.7 Å². The molecule has 3 atom stereocenters. The molecule has 9 heteroatoms. The van der Waals surface area contributed by atoms with Gasteiger partial charge in [-0.05, 0) is 61.2 Å². The van der Waals surface area contributed by atoms with Crippen molar-refractivity contribution < 1.29 is 19.8 Å². The summed E-state index contributed by atoms with van der Waals surface area (Å²) in [6.45, 7) is 3.36. The molecular formula is C26H27N5O4. The minimum absolute atomic E-state index is 0.215.